The predicted molar refractivity (Wildman–Crippen MR) is 104 cm³/mol. The lowest BCUT2D eigenvalue weighted by atomic mass is 10.1. The van der Waals surface area contributed by atoms with Gasteiger partial charge in [-0.2, -0.15) is 5.26 Å². The van der Waals surface area contributed by atoms with Crippen LogP contribution in [-0.2, 0) is 20.8 Å². The van der Waals surface area contributed by atoms with Crippen molar-refractivity contribution in [1.29, 1.82) is 5.26 Å². The number of carbonyl (C=O) groups is 3. The molecule has 1 heterocycles. The molecule has 1 unspecified atom stereocenters. The number of anilines is 1. The first kappa shape index (κ1) is 19.1. The van der Waals surface area contributed by atoms with Gasteiger partial charge in [0.25, 0.3) is 5.91 Å². The molecule has 1 saturated heterocycles. The quantitative estimate of drug-likeness (QED) is 0.575. The largest absolute Gasteiger partial charge is 0.326 e. The molecule has 0 saturated carbocycles. The number of hydrogen-bond donors (Lipinski definition) is 0. The summed E-state index contributed by atoms with van der Waals surface area (Å²) < 4.78 is 0. The Labute approximate surface area is 163 Å². The van der Waals surface area contributed by atoms with E-state index in [1.807, 2.05) is 36.4 Å². The van der Waals surface area contributed by atoms with Crippen molar-refractivity contribution < 1.29 is 14.4 Å². The summed E-state index contributed by atoms with van der Waals surface area (Å²) in [5.74, 6) is -1.06. The van der Waals surface area contributed by atoms with E-state index in [-0.39, 0.29) is 31.2 Å². The molecule has 1 aliphatic heterocycles. The van der Waals surface area contributed by atoms with Crippen molar-refractivity contribution in [3.63, 3.8) is 0 Å². The van der Waals surface area contributed by atoms with Crippen molar-refractivity contribution in [3.8, 4) is 6.07 Å². The molecule has 1 aliphatic rings. The fourth-order valence-electron chi connectivity index (χ4n) is 3.23. The standard InChI is InChI=1S/C22H19N3O3/c1-2-12-24(20(26)13-16-6-4-3-5-7-16)19-14-21(27)25(22(19)28)18-10-8-17(15-23)9-11-18/h2-11,19H,1,12-14H2. The molecule has 3 amide bonds. The number of nitrogens with zero attached hydrogens (tertiary/aromatic N) is 3. The normalized spacial score (nSPS) is 16.0. The molecular weight excluding hydrogens is 354 g/mol. The van der Waals surface area contributed by atoms with Crippen LogP contribution in [0.5, 0.6) is 0 Å². The summed E-state index contributed by atoms with van der Waals surface area (Å²) in [6.07, 6.45) is 1.61. The van der Waals surface area contributed by atoms with Gasteiger partial charge in [-0.25, -0.2) is 4.90 Å². The molecule has 0 bridgehead atoms. The zero-order valence-corrected chi connectivity index (χ0v) is 15.2. The highest BCUT2D eigenvalue weighted by Crippen LogP contribution is 2.26. The summed E-state index contributed by atoms with van der Waals surface area (Å²) in [6.45, 7) is 3.84. The van der Waals surface area contributed by atoms with Crippen LogP contribution in [0.15, 0.2) is 67.3 Å². The topological polar surface area (TPSA) is 81.5 Å². The molecule has 2 aromatic rings. The lowest BCUT2D eigenvalue weighted by molar-refractivity contribution is -0.137. The van der Waals surface area contributed by atoms with Gasteiger partial charge in [-0.05, 0) is 29.8 Å². The third kappa shape index (κ3) is 3.84. The van der Waals surface area contributed by atoms with Gasteiger partial charge in [0.2, 0.25) is 11.8 Å². The van der Waals surface area contributed by atoms with Crippen molar-refractivity contribution in [2.45, 2.75) is 18.9 Å². The SMILES string of the molecule is C=CCN(C(=O)Cc1ccccc1)C1CC(=O)N(c2ccc(C#N)cc2)C1=O. The Hall–Kier alpha value is -3.72. The third-order valence-corrected chi connectivity index (χ3v) is 4.60. The van der Waals surface area contributed by atoms with E-state index in [1.54, 1.807) is 30.3 Å². The summed E-state index contributed by atoms with van der Waals surface area (Å²) in [4.78, 5) is 40.8. The van der Waals surface area contributed by atoms with Crippen molar-refractivity contribution in [1.82, 2.24) is 4.90 Å². The Morgan fingerprint density at radius 2 is 1.86 bits per heavy atom. The van der Waals surface area contributed by atoms with Gasteiger partial charge in [-0.15, -0.1) is 6.58 Å². The minimum absolute atomic E-state index is 0.0762. The summed E-state index contributed by atoms with van der Waals surface area (Å²) >= 11 is 0. The fourth-order valence-corrected chi connectivity index (χ4v) is 3.23. The lowest BCUT2D eigenvalue weighted by Crippen LogP contribution is -2.46. The Bertz CT molecular complexity index is 945. The summed E-state index contributed by atoms with van der Waals surface area (Å²) in [5, 5.41) is 8.90. The molecule has 0 N–H and O–H groups in total. The fraction of sp³-hybridized carbons (Fsp3) is 0.182. The first-order chi connectivity index (χ1) is 13.5. The molecule has 0 aromatic heterocycles. The molecular formula is C22H19N3O3. The van der Waals surface area contributed by atoms with Crippen LogP contribution < -0.4 is 4.90 Å². The van der Waals surface area contributed by atoms with Gasteiger partial charge in [0.05, 0.1) is 30.2 Å². The van der Waals surface area contributed by atoms with Gasteiger partial charge in [0.15, 0.2) is 0 Å². The van der Waals surface area contributed by atoms with Gasteiger partial charge in [0, 0.05) is 6.54 Å². The van der Waals surface area contributed by atoms with Crippen LogP contribution in [0, 0.1) is 11.3 Å². The van der Waals surface area contributed by atoms with Gasteiger partial charge in [-0.1, -0.05) is 36.4 Å². The van der Waals surface area contributed by atoms with Crippen LogP contribution in [0.25, 0.3) is 0 Å². The smallest absolute Gasteiger partial charge is 0.257 e. The number of imide groups is 1. The van der Waals surface area contributed by atoms with E-state index in [4.69, 9.17) is 5.26 Å². The number of amides is 3. The van der Waals surface area contributed by atoms with Crippen molar-refractivity contribution in [2.75, 3.05) is 11.4 Å². The van der Waals surface area contributed by atoms with Crippen molar-refractivity contribution >= 4 is 23.4 Å². The molecule has 140 valence electrons. The zero-order valence-electron chi connectivity index (χ0n) is 15.2. The zero-order chi connectivity index (χ0) is 20.1. The van der Waals surface area contributed by atoms with Gasteiger partial charge in [0.1, 0.15) is 6.04 Å². The van der Waals surface area contributed by atoms with E-state index in [1.165, 1.54) is 4.90 Å². The van der Waals surface area contributed by atoms with Gasteiger partial charge >= 0.3 is 0 Å². The molecule has 1 atom stereocenters. The summed E-state index contributed by atoms with van der Waals surface area (Å²) in [7, 11) is 0. The Balaban J connectivity index is 1.82. The van der Waals surface area contributed by atoms with Gasteiger partial charge in [-0.3, -0.25) is 14.4 Å². The number of rotatable bonds is 6. The van der Waals surface area contributed by atoms with Crippen LogP contribution in [0.1, 0.15) is 17.5 Å². The maximum atomic E-state index is 13.0. The molecule has 0 radical (unpaired) electrons. The monoisotopic (exact) mass is 373 g/mol. The number of carbonyl (C=O) groups excluding carboxylic acids is 3. The van der Waals surface area contributed by atoms with Crippen LogP contribution in [-0.4, -0.2) is 35.2 Å². The van der Waals surface area contributed by atoms with E-state index >= 15 is 0 Å². The minimum Gasteiger partial charge on any atom is -0.326 e. The Morgan fingerprint density at radius 1 is 1.18 bits per heavy atom. The molecule has 0 spiro atoms. The van der Waals surface area contributed by atoms with Crippen molar-refractivity contribution in [3.05, 3.63) is 78.4 Å². The average Bonchev–Trinajstić information content (AvgIpc) is 3.00. The molecule has 28 heavy (non-hydrogen) atoms. The second-order valence-electron chi connectivity index (χ2n) is 6.44. The highest BCUT2D eigenvalue weighted by molar-refractivity contribution is 6.23. The molecule has 0 aliphatic carbocycles. The maximum Gasteiger partial charge on any atom is 0.257 e. The average molecular weight is 373 g/mol. The predicted octanol–water partition coefficient (Wildman–Crippen LogP) is 2.45. The lowest BCUT2D eigenvalue weighted by Gasteiger charge is -2.26. The Kier molecular flexibility index (Phi) is 5.66. The maximum absolute atomic E-state index is 13.0. The highest BCUT2D eigenvalue weighted by Gasteiger charge is 2.43. The van der Waals surface area contributed by atoms with Crippen molar-refractivity contribution in [2.24, 2.45) is 0 Å². The van der Waals surface area contributed by atoms with Gasteiger partial charge < -0.3 is 4.90 Å². The van der Waals surface area contributed by atoms with Crippen LogP contribution in [0.3, 0.4) is 0 Å². The highest BCUT2D eigenvalue weighted by atomic mass is 16.2. The van der Waals surface area contributed by atoms with E-state index in [2.05, 4.69) is 6.58 Å². The second-order valence-corrected chi connectivity index (χ2v) is 6.44. The molecule has 6 nitrogen and oxygen atoms in total. The summed E-state index contributed by atoms with van der Waals surface area (Å²) in [5.41, 5.74) is 1.67. The molecule has 6 heteroatoms. The van der Waals surface area contributed by atoms with E-state index in [0.29, 0.717) is 11.3 Å². The molecule has 3 rings (SSSR count). The third-order valence-electron chi connectivity index (χ3n) is 4.60. The first-order valence-electron chi connectivity index (χ1n) is 8.86. The van der Waals surface area contributed by atoms with E-state index < -0.39 is 11.9 Å². The van der Waals surface area contributed by atoms with Crippen LogP contribution in [0.2, 0.25) is 0 Å². The second kappa shape index (κ2) is 8.31. The summed E-state index contributed by atoms with van der Waals surface area (Å²) in [6, 6.07) is 16.6. The minimum atomic E-state index is -0.864. The molecule has 1 fully saturated rings. The number of benzene rings is 2. The van der Waals surface area contributed by atoms with E-state index in [9.17, 15) is 14.4 Å². The number of hydrogen-bond acceptors (Lipinski definition) is 4. The molecule has 2 aromatic carbocycles. The first-order valence-corrected chi connectivity index (χ1v) is 8.86. The van der Waals surface area contributed by atoms with E-state index in [0.717, 1.165) is 10.5 Å². The van der Waals surface area contributed by atoms with Crippen LogP contribution >= 0.6 is 0 Å². The Morgan fingerprint density at radius 3 is 2.46 bits per heavy atom. The number of nitriles is 1. The van der Waals surface area contributed by atoms with Crippen LogP contribution in [0.4, 0.5) is 5.69 Å².